The molecule has 0 saturated heterocycles. The highest BCUT2D eigenvalue weighted by atomic mass is 16.5. The fraction of sp³-hybridized carbons (Fsp3) is 0.556. The number of aliphatic hydroxyl groups is 1. The van der Waals surface area contributed by atoms with Gasteiger partial charge >= 0.3 is 11.9 Å². The molecule has 2 N–H and O–H groups in total. The number of ether oxygens (including phenoxy) is 1. The van der Waals surface area contributed by atoms with Gasteiger partial charge in [-0.15, -0.1) is 0 Å². The molecular formula is C9H14O5. The first-order valence-corrected chi connectivity index (χ1v) is 4.19. The maximum absolute atomic E-state index is 11.1. The molecule has 80 valence electrons. The number of aliphatic hydroxyl groups excluding tert-OH is 1. The van der Waals surface area contributed by atoms with Crippen LogP contribution < -0.4 is 0 Å². The predicted molar refractivity (Wildman–Crippen MR) is 48.6 cm³/mol. The number of esters is 1. The number of hydrogen-bond acceptors (Lipinski definition) is 4. The van der Waals surface area contributed by atoms with Gasteiger partial charge in [0.2, 0.25) is 0 Å². The van der Waals surface area contributed by atoms with E-state index in [2.05, 4.69) is 4.74 Å². The van der Waals surface area contributed by atoms with Gasteiger partial charge in [0, 0.05) is 5.57 Å². The van der Waals surface area contributed by atoms with Gasteiger partial charge in [-0.2, -0.15) is 0 Å². The Morgan fingerprint density at radius 1 is 1.50 bits per heavy atom. The standard InChI is InChI=1S/C9H14O5/c1-3-7(4-8(11)12)9(13)14-5-6(2)10/h3,6,10H,4-5H2,1-2H3,(H,11,12). The molecule has 0 fully saturated rings. The summed E-state index contributed by atoms with van der Waals surface area (Å²) in [6, 6.07) is 0. The van der Waals surface area contributed by atoms with E-state index in [1.807, 2.05) is 0 Å². The number of carboxylic acid groups (broad SMARTS) is 1. The van der Waals surface area contributed by atoms with Crippen molar-refractivity contribution in [2.75, 3.05) is 6.61 Å². The van der Waals surface area contributed by atoms with Crippen LogP contribution in [-0.4, -0.2) is 34.9 Å². The summed E-state index contributed by atoms with van der Waals surface area (Å²) in [5.41, 5.74) is 0.0816. The van der Waals surface area contributed by atoms with Crippen LogP contribution in [0.2, 0.25) is 0 Å². The molecule has 0 aliphatic heterocycles. The first-order chi connectivity index (χ1) is 6.47. The molecule has 14 heavy (non-hydrogen) atoms. The lowest BCUT2D eigenvalue weighted by Crippen LogP contribution is -2.17. The first kappa shape index (κ1) is 12.6. The summed E-state index contributed by atoms with van der Waals surface area (Å²) < 4.78 is 4.64. The third-order valence-corrected chi connectivity index (χ3v) is 1.41. The number of carbonyl (C=O) groups is 2. The van der Waals surface area contributed by atoms with E-state index in [0.717, 1.165) is 0 Å². The summed E-state index contributed by atoms with van der Waals surface area (Å²) in [5.74, 6) is -1.79. The van der Waals surface area contributed by atoms with Crippen molar-refractivity contribution in [2.24, 2.45) is 0 Å². The van der Waals surface area contributed by atoms with E-state index in [9.17, 15) is 9.59 Å². The second kappa shape index (κ2) is 6.15. The van der Waals surface area contributed by atoms with E-state index >= 15 is 0 Å². The summed E-state index contributed by atoms with van der Waals surface area (Å²) in [7, 11) is 0. The Hall–Kier alpha value is -1.36. The van der Waals surface area contributed by atoms with Crippen LogP contribution in [0.15, 0.2) is 11.6 Å². The smallest absolute Gasteiger partial charge is 0.334 e. The van der Waals surface area contributed by atoms with E-state index in [1.165, 1.54) is 13.0 Å². The normalized spacial score (nSPS) is 13.5. The molecule has 5 heteroatoms. The van der Waals surface area contributed by atoms with Crippen LogP contribution in [0.5, 0.6) is 0 Å². The average molecular weight is 202 g/mol. The van der Waals surface area contributed by atoms with Crippen molar-refractivity contribution in [1.29, 1.82) is 0 Å². The van der Waals surface area contributed by atoms with Crippen LogP contribution in [0, 0.1) is 0 Å². The molecule has 0 bridgehead atoms. The van der Waals surface area contributed by atoms with Crippen LogP contribution in [-0.2, 0) is 14.3 Å². The van der Waals surface area contributed by atoms with Crippen LogP contribution in [0.25, 0.3) is 0 Å². The Balaban J connectivity index is 4.13. The molecule has 0 aromatic rings. The van der Waals surface area contributed by atoms with Crippen molar-refractivity contribution < 1.29 is 24.5 Å². The van der Waals surface area contributed by atoms with Gasteiger partial charge in [0.1, 0.15) is 6.61 Å². The topological polar surface area (TPSA) is 83.8 Å². The number of carboxylic acids is 1. The van der Waals surface area contributed by atoms with Gasteiger partial charge in [-0.1, -0.05) is 6.08 Å². The van der Waals surface area contributed by atoms with Crippen LogP contribution in [0.1, 0.15) is 20.3 Å². The number of aliphatic carboxylic acids is 1. The van der Waals surface area contributed by atoms with E-state index in [0.29, 0.717) is 0 Å². The van der Waals surface area contributed by atoms with Gasteiger partial charge in [-0.05, 0) is 13.8 Å². The zero-order valence-corrected chi connectivity index (χ0v) is 8.19. The molecule has 0 radical (unpaired) electrons. The molecule has 0 aliphatic rings. The van der Waals surface area contributed by atoms with Crippen molar-refractivity contribution in [2.45, 2.75) is 26.4 Å². The summed E-state index contributed by atoms with van der Waals surface area (Å²) in [6.45, 7) is 2.90. The zero-order chi connectivity index (χ0) is 11.1. The molecule has 0 rings (SSSR count). The summed E-state index contributed by atoms with van der Waals surface area (Å²) in [5, 5.41) is 17.3. The lowest BCUT2D eigenvalue weighted by atomic mass is 10.2. The minimum atomic E-state index is -1.09. The molecule has 0 spiro atoms. The number of rotatable bonds is 5. The molecule has 0 amide bonds. The summed E-state index contributed by atoms with van der Waals surface area (Å²) >= 11 is 0. The van der Waals surface area contributed by atoms with E-state index in [4.69, 9.17) is 10.2 Å². The Bertz CT molecular complexity index is 242. The van der Waals surface area contributed by atoms with E-state index < -0.39 is 18.0 Å². The molecule has 5 nitrogen and oxygen atoms in total. The van der Waals surface area contributed by atoms with Crippen molar-refractivity contribution in [3.63, 3.8) is 0 Å². The van der Waals surface area contributed by atoms with Gasteiger partial charge in [0.25, 0.3) is 0 Å². The number of allylic oxidation sites excluding steroid dienone is 1. The molecule has 0 aromatic carbocycles. The Kier molecular flexibility index (Phi) is 5.55. The fourth-order valence-electron chi connectivity index (χ4n) is 0.744. The summed E-state index contributed by atoms with van der Waals surface area (Å²) in [6.07, 6.45) is 0.273. The van der Waals surface area contributed by atoms with Crippen LogP contribution >= 0.6 is 0 Å². The van der Waals surface area contributed by atoms with Crippen LogP contribution in [0.3, 0.4) is 0 Å². The molecule has 1 atom stereocenters. The lowest BCUT2D eigenvalue weighted by Gasteiger charge is -2.07. The number of hydrogen-bond donors (Lipinski definition) is 2. The third kappa shape index (κ3) is 5.31. The van der Waals surface area contributed by atoms with Crippen LogP contribution in [0.4, 0.5) is 0 Å². The van der Waals surface area contributed by atoms with Gasteiger partial charge in [0.15, 0.2) is 0 Å². The van der Waals surface area contributed by atoms with E-state index in [-0.39, 0.29) is 18.6 Å². The first-order valence-electron chi connectivity index (χ1n) is 4.19. The fourth-order valence-corrected chi connectivity index (χ4v) is 0.744. The molecular weight excluding hydrogens is 188 g/mol. The van der Waals surface area contributed by atoms with Crippen molar-refractivity contribution >= 4 is 11.9 Å². The molecule has 0 saturated carbocycles. The monoisotopic (exact) mass is 202 g/mol. The van der Waals surface area contributed by atoms with Crippen molar-refractivity contribution in [3.05, 3.63) is 11.6 Å². The number of carbonyl (C=O) groups excluding carboxylic acids is 1. The minimum absolute atomic E-state index is 0.0816. The Labute approximate surface area is 82.0 Å². The highest BCUT2D eigenvalue weighted by molar-refractivity contribution is 5.93. The largest absolute Gasteiger partial charge is 0.481 e. The molecule has 0 aromatic heterocycles. The predicted octanol–water partition coefficient (Wildman–Crippen LogP) is 0.331. The Morgan fingerprint density at radius 2 is 2.07 bits per heavy atom. The molecule has 0 aliphatic carbocycles. The minimum Gasteiger partial charge on any atom is -0.481 e. The highest BCUT2D eigenvalue weighted by Crippen LogP contribution is 2.04. The van der Waals surface area contributed by atoms with Gasteiger partial charge in [0.05, 0.1) is 12.5 Å². The average Bonchev–Trinajstić information content (AvgIpc) is 2.09. The van der Waals surface area contributed by atoms with E-state index in [1.54, 1.807) is 6.92 Å². The van der Waals surface area contributed by atoms with Gasteiger partial charge in [-0.3, -0.25) is 4.79 Å². The maximum atomic E-state index is 11.1. The molecule has 0 heterocycles. The second-order valence-corrected chi connectivity index (χ2v) is 2.83. The quantitative estimate of drug-likeness (QED) is 0.496. The Morgan fingerprint density at radius 3 is 2.43 bits per heavy atom. The van der Waals surface area contributed by atoms with Crippen molar-refractivity contribution in [1.82, 2.24) is 0 Å². The van der Waals surface area contributed by atoms with Gasteiger partial charge < -0.3 is 14.9 Å². The lowest BCUT2D eigenvalue weighted by molar-refractivity contribution is -0.144. The third-order valence-electron chi connectivity index (χ3n) is 1.41. The zero-order valence-electron chi connectivity index (χ0n) is 8.19. The van der Waals surface area contributed by atoms with Crippen molar-refractivity contribution in [3.8, 4) is 0 Å². The highest BCUT2D eigenvalue weighted by Gasteiger charge is 2.14. The summed E-state index contributed by atoms with van der Waals surface area (Å²) in [4.78, 5) is 21.5. The maximum Gasteiger partial charge on any atom is 0.334 e. The second-order valence-electron chi connectivity index (χ2n) is 2.83. The SMILES string of the molecule is CC=C(CC(=O)O)C(=O)OCC(C)O. The molecule has 1 unspecified atom stereocenters. The van der Waals surface area contributed by atoms with Gasteiger partial charge in [-0.25, -0.2) is 4.79 Å².